The summed E-state index contributed by atoms with van der Waals surface area (Å²) in [7, 11) is 0. The van der Waals surface area contributed by atoms with Crippen LogP contribution in [0.3, 0.4) is 0 Å². The molecule has 0 heterocycles. The highest BCUT2D eigenvalue weighted by Gasteiger charge is 2.13. The van der Waals surface area contributed by atoms with Crippen LogP contribution in [0.2, 0.25) is 0 Å². The van der Waals surface area contributed by atoms with Crippen molar-refractivity contribution in [2.24, 2.45) is 11.7 Å². The van der Waals surface area contributed by atoms with Gasteiger partial charge in [0, 0.05) is 11.6 Å². The molecule has 1 aromatic rings. The summed E-state index contributed by atoms with van der Waals surface area (Å²) in [5.41, 5.74) is 7.71. The van der Waals surface area contributed by atoms with Gasteiger partial charge in [-0.3, -0.25) is 0 Å². The second-order valence-corrected chi connectivity index (χ2v) is 4.38. The Morgan fingerprint density at radius 1 is 1.40 bits per heavy atom. The first-order chi connectivity index (χ1) is 7.04. The normalized spacial score (nSPS) is 15.0. The largest absolute Gasteiger partial charge is 0.324 e. The second kappa shape index (κ2) is 5.26. The van der Waals surface area contributed by atoms with Gasteiger partial charge >= 0.3 is 0 Å². The highest BCUT2D eigenvalue weighted by Crippen LogP contribution is 2.23. The molecule has 2 N–H and O–H groups in total. The molecule has 0 amide bonds. The number of aryl methyl sites for hydroxylation is 1. The Hall–Kier alpha value is -0.890. The molecule has 0 radical (unpaired) electrons. The average molecular weight is 209 g/mol. The van der Waals surface area contributed by atoms with E-state index in [1.54, 1.807) is 6.07 Å². The number of rotatable bonds is 4. The van der Waals surface area contributed by atoms with Crippen molar-refractivity contribution in [2.45, 2.75) is 39.7 Å². The topological polar surface area (TPSA) is 26.0 Å². The van der Waals surface area contributed by atoms with Crippen molar-refractivity contribution in [1.29, 1.82) is 0 Å². The molecule has 0 aromatic heterocycles. The molecule has 0 saturated carbocycles. The number of hydrogen-bond acceptors (Lipinski definition) is 1. The summed E-state index contributed by atoms with van der Waals surface area (Å²) >= 11 is 0. The maximum atomic E-state index is 13.5. The smallest absolute Gasteiger partial charge is 0.127 e. The fraction of sp³-hybridized carbons (Fsp3) is 0.538. The number of nitrogens with two attached hydrogens (primary N) is 1. The molecule has 1 aromatic carbocycles. The molecule has 2 heteroatoms. The minimum atomic E-state index is -0.184. The Kier molecular flexibility index (Phi) is 4.28. The maximum absolute atomic E-state index is 13.5. The molecule has 1 nitrogen and oxygen atoms in total. The third-order valence-corrected chi connectivity index (χ3v) is 2.90. The molecule has 84 valence electrons. The van der Waals surface area contributed by atoms with Crippen molar-refractivity contribution in [3.8, 4) is 0 Å². The Labute approximate surface area is 91.5 Å². The van der Waals surface area contributed by atoms with Gasteiger partial charge in [-0.2, -0.15) is 0 Å². The maximum Gasteiger partial charge on any atom is 0.127 e. The van der Waals surface area contributed by atoms with Crippen LogP contribution in [-0.2, 0) is 0 Å². The number of halogens is 1. The van der Waals surface area contributed by atoms with Gasteiger partial charge in [-0.15, -0.1) is 0 Å². The van der Waals surface area contributed by atoms with Crippen LogP contribution in [0.25, 0.3) is 0 Å². The lowest BCUT2D eigenvalue weighted by Crippen LogP contribution is -2.15. The van der Waals surface area contributed by atoms with Crippen molar-refractivity contribution < 1.29 is 4.39 Å². The van der Waals surface area contributed by atoms with E-state index in [1.165, 1.54) is 6.07 Å². The third-order valence-electron chi connectivity index (χ3n) is 2.90. The van der Waals surface area contributed by atoms with Gasteiger partial charge in [0.15, 0.2) is 0 Å². The second-order valence-electron chi connectivity index (χ2n) is 4.38. The van der Waals surface area contributed by atoms with Gasteiger partial charge in [0.05, 0.1) is 0 Å². The van der Waals surface area contributed by atoms with Crippen LogP contribution in [0.4, 0.5) is 4.39 Å². The fourth-order valence-corrected chi connectivity index (χ4v) is 1.67. The number of benzene rings is 1. The van der Waals surface area contributed by atoms with Crippen LogP contribution in [0, 0.1) is 18.7 Å². The first kappa shape index (κ1) is 12.2. The molecule has 0 saturated heterocycles. The summed E-state index contributed by atoms with van der Waals surface area (Å²) < 4.78 is 13.5. The van der Waals surface area contributed by atoms with Gasteiger partial charge in [0.2, 0.25) is 0 Å². The molecule has 2 unspecified atom stereocenters. The predicted molar refractivity (Wildman–Crippen MR) is 62.1 cm³/mol. The van der Waals surface area contributed by atoms with Crippen LogP contribution in [0.5, 0.6) is 0 Å². The van der Waals surface area contributed by atoms with Gasteiger partial charge in [-0.05, 0) is 25.3 Å². The molecule has 0 aliphatic carbocycles. The quantitative estimate of drug-likeness (QED) is 0.806. The van der Waals surface area contributed by atoms with E-state index in [2.05, 4.69) is 13.8 Å². The van der Waals surface area contributed by atoms with E-state index in [-0.39, 0.29) is 11.9 Å². The molecule has 0 fully saturated rings. The van der Waals surface area contributed by atoms with E-state index in [9.17, 15) is 4.39 Å². The lowest BCUT2D eigenvalue weighted by molar-refractivity contribution is 0.449. The molecule has 0 aliphatic heterocycles. The highest BCUT2D eigenvalue weighted by molar-refractivity contribution is 5.26. The molecular weight excluding hydrogens is 189 g/mol. The fourth-order valence-electron chi connectivity index (χ4n) is 1.67. The first-order valence-corrected chi connectivity index (χ1v) is 5.56. The Morgan fingerprint density at radius 2 is 2.07 bits per heavy atom. The van der Waals surface area contributed by atoms with E-state index < -0.39 is 0 Å². The Bertz CT molecular complexity index is 322. The molecule has 1 rings (SSSR count). The minimum Gasteiger partial charge on any atom is -0.324 e. The monoisotopic (exact) mass is 209 g/mol. The third kappa shape index (κ3) is 3.31. The summed E-state index contributed by atoms with van der Waals surface area (Å²) in [6.45, 7) is 6.23. The van der Waals surface area contributed by atoms with Gasteiger partial charge in [-0.1, -0.05) is 38.0 Å². The number of hydrogen-bond donors (Lipinski definition) is 1. The Balaban J connectivity index is 2.80. The van der Waals surface area contributed by atoms with Crippen molar-refractivity contribution in [1.82, 2.24) is 0 Å². The highest BCUT2D eigenvalue weighted by atomic mass is 19.1. The summed E-state index contributed by atoms with van der Waals surface area (Å²) in [5, 5.41) is 0. The zero-order valence-electron chi connectivity index (χ0n) is 9.76. The van der Waals surface area contributed by atoms with Crippen molar-refractivity contribution in [2.75, 3.05) is 0 Å². The zero-order chi connectivity index (χ0) is 11.4. The molecule has 0 aliphatic rings. The summed E-state index contributed by atoms with van der Waals surface area (Å²) in [5.74, 6) is 0.358. The lowest BCUT2D eigenvalue weighted by Gasteiger charge is -2.17. The zero-order valence-corrected chi connectivity index (χ0v) is 9.76. The van der Waals surface area contributed by atoms with E-state index in [1.807, 2.05) is 13.0 Å². The van der Waals surface area contributed by atoms with Gasteiger partial charge < -0.3 is 5.73 Å². The summed E-state index contributed by atoms with van der Waals surface area (Å²) in [6.07, 6.45) is 1.93. The van der Waals surface area contributed by atoms with E-state index >= 15 is 0 Å². The molecule has 15 heavy (non-hydrogen) atoms. The van der Waals surface area contributed by atoms with Crippen molar-refractivity contribution in [3.63, 3.8) is 0 Å². The van der Waals surface area contributed by atoms with Gasteiger partial charge in [0.1, 0.15) is 5.82 Å². The van der Waals surface area contributed by atoms with E-state index in [0.717, 1.165) is 18.4 Å². The van der Waals surface area contributed by atoms with E-state index in [4.69, 9.17) is 5.73 Å². The van der Waals surface area contributed by atoms with Crippen molar-refractivity contribution >= 4 is 0 Å². The first-order valence-electron chi connectivity index (χ1n) is 5.56. The van der Waals surface area contributed by atoms with Gasteiger partial charge in [-0.25, -0.2) is 4.39 Å². The van der Waals surface area contributed by atoms with Crippen LogP contribution >= 0.6 is 0 Å². The minimum absolute atomic E-state index is 0.181. The molecule has 0 bridgehead atoms. The van der Waals surface area contributed by atoms with Crippen LogP contribution < -0.4 is 5.73 Å². The Morgan fingerprint density at radius 3 is 2.67 bits per heavy atom. The standard InChI is InChI=1S/C13H20FN/c1-4-9(2)8-13(15)11-7-10(3)5-6-12(11)14/h5-7,9,13H,4,8,15H2,1-3H3. The van der Waals surface area contributed by atoms with E-state index in [0.29, 0.717) is 11.5 Å². The average Bonchev–Trinajstić information content (AvgIpc) is 2.21. The van der Waals surface area contributed by atoms with Crippen LogP contribution in [0.1, 0.15) is 43.9 Å². The summed E-state index contributed by atoms with van der Waals surface area (Å²) in [6, 6.07) is 4.94. The summed E-state index contributed by atoms with van der Waals surface area (Å²) in [4.78, 5) is 0. The van der Waals surface area contributed by atoms with Crippen LogP contribution in [-0.4, -0.2) is 0 Å². The van der Waals surface area contributed by atoms with Gasteiger partial charge in [0.25, 0.3) is 0 Å². The molecule has 0 spiro atoms. The predicted octanol–water partition coefficient (Wildman–Crippen LogP) is 3.57. The van der Waals surface area contributed by atoms with Crippen LogP contribution in [0.15, 0.2) is 18.2 Å². The SMILES string of the molecule is CCC(C)CC(N)c1cc(C)ccc1F. The van der Waals surface area contributed by atoms with Crippen molar-refractivity contribution in [3.05, 3.63) is 35.1 Å². The molecular formula is C13H20FN. The molecule has 2 atom stereocenters. The lowest BCUT2D eigenvalue weighted by atomic mass is 9.94.